The van der Waals surface area contributed by atoms with E-state index in [1.54, 1.807) is 49.4 Å². The SMILES string of the molecule is CCOC(=O)/C=C/C=C/C=C/c1c(-c2ccc(F)cc2)nc(N(C)S(C)(=O)=O)nc1C(C)C. The minimum Gasteiger partial charge on any atom is -0.463 e. The zero-order valence-corrected chi connectivity index (χ0v) is 20.1. The van der Waals surface area contributed by atoms with Gasteiger partial charge in [-0.1, -0.05) is 44.2 Å². The van der Waals surface area contributed by atoms with Crippen LogP contribution in [-0.4, -0.2) is 44.3 Å². The van der Waals surface area contributed by atoms with Crippen LogP contribution in [0.1, 0.15) is 37.9 Å². The number of aromatic nitrogens is 2. The van der Waals surface area contributed by atoms with Crippen LogP contribution in [0, 0.1) is 5.82 Å². The molecule has 7 nitrogen and oxygen atoms in total. The molecule has 2 rings (SSSR count). The van der Waals surface area contributed by atoms with Crippen molar-refractivity contribution < 1.29 is 22.3 Å². The minimum absolute atomic E-state index is 0.0330. The smallest absolute Gasteiger partial charge is 0.330 e. The van der Waals surface area contributed by atoms with Gasteiger partial charge in [-0.15, -0.1) is 0 Å². The van der Waals surface area contributed by atoms with Crippen molar-refractivity contribution >= 4 is 28.0 Å². The number of hydrogen-bond acceptors (Lipinski definition) is 6. The fraction of sp³-hybridized carbons (Fsp3) is 0.292. The number of halogens is 1. The predicted molar refractivity (Wildman–Crippen MR) is 129 cm³/mol. The molecular weight excluding hydrogens is 445 g/mol. The van der Waals surface area contributed by atoms with Crippen LogP contribution in [0.4, 0.5) is 10.3 Å². The molecule has 1 heterocycles. The summed E-state index contributed by atoms with van der Waals surface area (Å²) in [7, 11) is -2.20. The Kier molecular flexibility index (Phi) is 9.04. The molecular formula is C24H28FN3O4S. The summed E-state index contributed by atoms with van der Waals surface area (Å²) in [5.74, 6) is -0.832. The van der Waals surface area contributed by atoms with Gasteiger partial charge in [-0.2, -0.15) is 0 Å². The minimum atomic E-state index is -3.58. The molecule has 0 N–H and O–H groups in total. The summed E-state index contributed by atoms with van der Waals surface area (Å²) in [4.78, 5) is 20.4. The van der Waals surface area contributed by atoms with Crippen molar-refractivity contribution in [1.82, 2.24) is 9.97 Å². The number of rotatable bonds is 9. The summed E-state index contributed by atoms with van der Waals surface area (Å²) >= 11 is 0. The van der Waals surface area contributed by atoms with Crippen LogP contribution < -0.4 is 4.31 Å². The Labute approximate surface area is 194 Å². The Morgan fingerprint density at radius 2 is 1.76 bits per heavy atom. The van der Waals surface area contributed by atoms with Crippen molar-refractivity contribution in [3.8, 4) is 11.3 Å². The van der Waals surface area contributed by atoms with Crippen molar-refractivity contribution in [2.75, 3.05) is 24.2 Å². The summed E-state index contributed by atoms with van der Waals surface area (Å²) in [5.41, 5.74) is 2.42. The molecule has 0 saturated heterocycles. The highest BCUT2D eigenvalue weighted by Gasteiger charge is 2.21. The molecule has 0 aliphatic rings. The molecule has 0 bridgehead atoms. The van der Waals surface area contributed by atoms with E-state index in [4.69, 9.17) is 4.74 Å². The van der Waals surface area contributed by atoms with E-state index < -0.39 is 21.8 Å². The Morgan fingerprint density at radius 1 is 1.12 bits per heavy atom. The Hall–Kier alpha value is -3.33. The number of benzene rings is 1. The number of allylic oxidation sites excluding steroid dienone is 4. The Balaban J connectivity index is 2.57. The Morgan fingerprint density at radius 3 is 2.33 bits per heavy atom. The average molecular weight is 474 g/mol. The molecule has 1 aromatic carbocycles. The quantitative estimate of drug-likeness (QED) is 0.303. The van der Waals surface area contributed by atoms with Gasteiger partial charge in [-0.3, -0.25) is 0 Å². The second kappa shape index (κ2) is 11.5. The molecule has 0 atom stereocenters. The van der Waals surface area contributed by atoms with Crippen LogP contribution in [0.25, 0.3) is 17.3 Å². The number of nitrogens with zero attached hydrogens (tertiary/aromatic N) is 3. The summed E-state index contributed by atoms with van der Waals surface area (Å²) in [6.07, 6.45) is 10.9. The molecule has 0 saturated carbocycles. The lowest BCUT2D eigenvalue weighted by molar-refractivity contribution is -0.137. The van der Waals surface area contributed by atoms with Gasteiger partial charge < -0.3 is 4.74 Å². The second-order valence-corrected chi connectivity index (χ2v) is 9.43. The number of anilines is 1. The average Bonchev–Trinajstić information content (AvgIpc) is 2.75. The molecule has 0 unspecified atom stereocenters. The van der Waals surface area contributed by atoms with Crippen LogP contribution in [0.2, 0.25) is 0 Å². The van der Waals surface area contributed by atoms with Crippen LogP contribution >= 0.6 is 0 Å². The monoisotopic (exact) mass is 473 g/mol. The highest BCUT2D eigenvalue weighted by molar-refractivity contribution is 7.92. The lowest BCUT2D eigenvalue weighted by Gasteiger charge is -2.20. The van der Waals surface area contributed by atoms with Gasteiger partial charge in [0.15, 0.2) is 0 Å². The van der Waals surface area contributed by atoms with Crippen LogP contribution in [0.5, 0.6) is 0 Å². The van der Waals surface area contributed by atoms with E-state index in [1.807, 2.05) is 13.8 Å². The molecule has 0 radical (unpaired) electrons. The normalized spacial score (nSPS) is 12.3. The first kappa shape index (κ1) is 25.9. The highest BCUT2D eigenvalue weighted by Crippen LogP contribution is 2.31. The zero-order chi connectivity index (χ0) is 24.6. The second-order valence-electron chi connectivity index (χ2n) is 7.42. The van der Waals surface area contributed by atoms with E-state index in [0.29, 0.717) is 29.1 Å². The van der Waals surface area contributed by atoms with E-state index in [2.05, 4.69) is 9.97 Å². The van der Waals surface area contributed by atoms with Crippen molar-refractivity contribution in [2.24, 2.45) is 0 Å². The van der Waals surface area contributed by atoms with E-state index >= 15 is 0 Å². The number of carbonyl (C=O) groups is 1. The standard InChI is InChI=1S/C24H28FN3O4S/c1-6-32-21(29)12-10-8-7-9-11-20-22(17(2)3)26-24(28(4)33(5,30)31)27-23(20)18-13-15-19(25)16-14-18/h7-17H,6H2,1-5H3/b8-7+,11-9+,12-10+. The number of hydrogen-bond donors (Lipinski definition) is 0. The van der Waals surface area contributed by atoms with Crippen molar-refractivity contribution in [1.29, 1.82) is 0 Å². The third-order valence-corrected chi connectivity index (χ3v) is 5.68. The number of esters is 1. The van der Waals surface area contributed by atoms with Crippen LogP contribution in [0.3, 0.4) is 0 Å². The van der Waals surface area contributed by atoms with Crippen LogP contribution in [0.15, 0.2) is 54.6 Å². The first-order chi connectivity index (χ1) is 15.5. The molecule has 33 heavy (non-hydrogen) atoms. The molecule has 0 amide bonds. The third-order valence-electron chi connectivity index (χ3n) is 4.52. The van der Waals surface area contributed by atoms with Gasteiger partial charge in [0.2, 0.25) is 16.0 Å². The van der Waals surface area contributed by atoms with Gasteiger partial charge in [-0.05, 0) is 37.1 Å². The number of ether oxygens (including phenoxy) is 1. The van der Waals surface area contributed by atoms with Gasteiger partial charge in [0.25, 0.3) is 0 Å². The third kappa shape index (κ3) is 7.35. The molecule has 9 heteroatoms. The molecule has 0 spiro atoms. The molecule has 0 fully saturated rings. The lowest BCUT2D eigenvalue weighted by atomic mass is 9.98. The van der Waals surface area contributed by atoms with Gasteiger partial charge in [-0.25, -0.2) is 31.9 Å². The van der Waals surface area contributed by atoms with Crippen molar-refractivity contribution in [3.05, 3.63) is 71.7 Å². The van der Waals surface area contributed by atoms with E-state index in [-0.39, 0.29) is 11.9 Å². The topological polar surface area (TPSA) is 89.5 Å². The number of sulfonamides is 1. The summed E-state index contributed by atoms with van der Waals surface area (Å²) in [6, 6.07) is 5.81. The largest absolute Gasteiger partial charge is 0.463 e. The van der Waals surface area contributed by atoms with Crippen molar-refractivity contribution in [2.45, 2.75) is 26.7 Å². The van der Waals surface area contributed by atoms with Gasteiger partial charge in [0.1, 0.15) is 5.82 Å². The molecule has 176 valence electrons. The van der Waals surface area contributed by atoms with Crippen molar-refractivity contribution in [3.63, 3.8) is 0 Å². The predicted octanol–water partition coefficient (Wildman–Crippen LogP) is 4.49. The summed E-state index contributed by atoms with van der Waals surface area (Å²) in [5, 5.41) is 0. The zero-order valence-electron chi connectivity index (χ0n) is 19.3. The first-order valence-electron chi connectivity index (χ1n) is 10.3. The molecule has 2 aromatic rings. The maximum atomic E-state index is 13.5. The fourth-order valence-corrected chi connectivity index (χ4v) is 3.18. The molecule has 1 aromatic heterocycles. The van der Waals surface area contributed by atoms with E-state index in [9.17, 15) is 17.6 Å². The Bertz CT molecular complexity index is 1170. The summed E-state index contributed by atoms with van der Waals surface area (Å²) in [6.45, 7) is 5.92. The van der Waals surface area contributed by atoms with Crippen LogP contribution in [-0.2, 0) is 19.6 Å². The summed E-state index contributed by atoms with van der Waals surface area (Å²) < 4.78 is 43.5. The van der Waals surface area contributed by atoms with E-state index in [1.165, 1.54) is 25.3 Å². The van der Waals surface area contributed by atoms with Gasteiger partial charge >= 0.3 is 5.97 Å². The molecule has 0 aliphatic heterocycles. The molecule has 0 aliphatic carbocycles. The maximum Gasteiger partial charge on any atom is 0.330 e. The van der Waals surface area contributed by atoms with E-state index in [0.717, 1.165) is 10.6 Å². The fourth-order valence-electron chi connectivity index (χ4n) is 2.80. The highest BCUT2D eigenvalue weighted by atomic mass is 32.2. The van der Waals surface area contributed by atoms with Gasteiger partial charge in [0.05, 0.1) is 24.3 Å². The lowest BCUT2D eigenvalue weighted by Crippen LogP contribution is -2.27. The maximum absolute atomic E-state index is 13.5. The number of carbonyl (C=O) groups excluding carboxylic acids is 1. The van der Waals surface area contributed by atoms with Gasteiger partial charge in [0, 0.05) is 24.3 Å². The first-order valence-corrected chi connectivity index (χ1v) is 12.2.